The first-order chi connectivity index (χ1) is 8.07. The molecule has 3 rings (SSSR count). The number of hydrogen-bond donors (Lipinski definition) is 0. The Bertz CT molecular complexity index is 644. The van der Waals surface area contributed by atoms with Crippen LogP contribution in [-0.4, -0.2) is 23.2 Å². The quantitative estimate of drug-likeness (QED) is 0.813. The van der Waals surface area contributed by atoms with Crippen molar-refractivity contribution in [3.05, 3.63) is 17.5 Å². The van der Waals surface area contributed by atoms with Crippen LogP contribution in [0.4, 0.5) is 0 Å². The number of aromatic nitrogens is 3. The Morgan fingerprint density at radius 3 is 2.71 bits per heavy atom. The highest BCUT2D eigenvalue weighted by molar-refractivity contribution is 8.13. The maximum absolute atomic E-state index is 11.4. The lowest BCUT2D eigenvalue weighted by molar-refractivity contribution is 0.579. The van der Waals surface area contributed by atoms with Gasteiger partial charge in [-0.15, -0.1) is 21.5 Å². The topological polar surface area (TPSA) is 64.8 Å². The van der Waals surface area contributed by atoms with Crippen molar-refractivity contribution in [3.63, 3.8) is 0 Å². The Hall–Kier alpha value is -0.920. The highest BCUT2D eigenvalue weighted by atomic mass is 35.7. The first kappa shape index (κ1) is 11.2. The molecule has 17 heavy (non-hydrogen) atoms. The van der Waals surface area contributed by atoms with E-state index in [0.717, 1.165) is 17.7 Å². The Labute approximate surface area is 106 Å². The Balaban J connectivity index is 2.21. The molecule has 2 aromatic rings. The van der Waals surface area contributed by atoms with Crippen LogP contribution in [-0.2, 0) is 9.05 Å². The maximum atomic E-state index is 11.4. The van der Waals surface area contributed by atoms with Gasteiger partial charge in [-0.05, 0) is 24.3 Å². The second-order valence-corrected chi connectivity index (χ2v) is 7.23. The largest absolute Gasteiger partial charge is 0.296 e. The Morgan fingerprint density at radius 1 is 1.41 bits per heavy atom. The molecular formula is C9H8ClN3O2S2. The number of rotatable bonds is 3. The lowest BCUT2D eigenvalue weighted by Gasteiger charge is -2.05. The summed E-state index contributed by atoms with van der Waals surface area (Å²) < 4.78 is 24.5. The van der Waals surface area contributed by atoms with Crippen LogP contribution in [0.3, 0.4) is 0 Å². The van der Waals surface area contributed by atoms with E-state index >= 15 is 0 Å². The van der Waals surface area contributed by atoms with Gasteiger partial charge in [-0.1, -0.05) is 6.07 Å². The average Bonchev–Trinajstić information content (AvgIpc) is 2.81. The van der Waals surface area contributed by atoms with Gasteiger partial charge < -0.3 is 0 Å². The number of thiophene rings is 1. The summed E-state index contributed by atoms with van der Waals surface area (Å²) in [5, 5.41) is 9.42. The van der Waals surface area contributed by atoms with Crippen molar-refractivity contribution >= 4 is 31.1 Å². The minimum absolute atomic E-state index is 0.148. The predicted octanol–water partition coefficient (Wildman–Crippen LogP) is 2.27. The summed E-state index contributed by atoms with van der Waals surface area (Å²) in [5.74, 6) is 0.585. The zero-order valence-electron chi connectivity index (χ0n) is 8.58. The second-order valence-electron chi connectivity index (χ2n) is 3.82. The van der Waals surface area contributed by atoms with Crippen LogP contribution in [0.1, 0.15) is 18.9 Å². The summed E-state index contributed by atoms with van der Waals surface area (Å²) in [6.45, 7) is 0. The molecule has 2 aromatic heterocycles. The summed E-state index contributed by atoms with van der Waals surface area (Å²) >= 11 is 1.50. The molecule has 0 N–H and O–H groups in total. The molecule has 0 saturated heterocycles. The normalized spacial score (nSPS) is 16.3. The third-order valence-corrected chi connectivity index (χ3v) is 4.53. The van der Waals surface area contributed by atoms with Crippen molar-refractivity contribution in [2.24, 2.45) is 0 Å². The van der Waals surface area contributed by atoms with E-state index in [0.29, 0.717) is 5.82 Å². The molecule has 0 radical (unpaired) electrons. The summed E-state index contributed by atoms with van der Waals surface area (Å²) in [6.07, 6.45) is 1.88. The molecule has 0 atom stereocenters. The van der Waals surface area contributed by atoms with Crippen LogP contribution >= 0.6 is 22.0 Å². The van der Waals surface area contributed by atoms with E-state index in [1.807, 2.05) is 17.5 Å². The van der Waals surface area contributed by atoms with E-state index in [-0.39, 0.29) is 11.2 Å². The second kappa shape index (κ2) is 3.79. The van der Waals surface area contributed by atoms with Gasteiger partial charge in [-0.25, -0.2) is 8.42 Å². The van der Waals surface area contributed by atoms with Gasteiger partial charge in [0.05, 0.1) is 4.88 Å². The predicted molar refractivity (Wildman–Crippen MR) is 64.6 cm³/mol. The van der Waals surface area contributed by atoms with Crippen LogP contribution in [0.5, 0.6) is 0 Å². The van der Waals surface area contributed by atoms with Crippen LogP contribution in [0.2, 0.25) is 0 Å². The van der Waals surface area contributed by atoms with E-state index in [9.17, 15) is 8.42 Å². The molecular weight excluding hydrogens is 282 g/mol. The fraction of sp³-hybridized carbons (Fsp3) is 0.333. The van der Waals surface area contributed by atoms with Crippen molar-refractivity contribution in [1.82, 2.24) is 14.8 Å². The molecule has 1 saturated carbocycles. The Kier molecular flexibility index (Phi) is 2.49. The van der Waals surface area contributed by atoms with Crippen molar-refractivity contribution < 1.29 is 8.42 Å². The van der Waals surface area contributed by atoms with Crippen molar-refractivity contribution in [2.75, 3.05) is 0 Å². The third-order valence-electron chi connectivity index (χ3n) is 2.54. The van der Waals surface area contributed by atoms with Crippen molar-refractivity contribution in [3.8, 4) is 10.7 Å². The SMILES string of the molecule is O=S(=O)(Cl)c1nnc(-c2cccs2)n1C1CC1. The summed E-state index contributed by atoms with van der Waals surface area (Å²) in [5.41, 5.74) is 0. The van der Waals surface area contributed by atoms with Crippen LogP contribution in [0.25, 0.3) is 10.7 Å². The molecule has 0 unspecified atom stereocenters. The molecule has 0 amide bonds. The zero-order valence-corrected chi connectivity index (χ0v) is 11.0. The first-order valence-electron chi connectivity index (χ1n) is 5.01. The number of nitrogens with zero attached hydrogens (tertiary/aromatic N) is 3. The van der Waals surface area contributed by atoms with E-state index in [1.54, 1.807) is 4.57 Å². The molecule has 1 aliphatic rings. The molecule has 0 bridgehead atoms. The Morgan fingerprint density at radius 2 is 2.18 bits per heavy atom. The molecule has 0 aliphatic heterocycles. The number of hydrogen-bond acceptors (Lipinski definition) is 5. The van der Waals surface area contributed by atoms with E-state index in [1.165, 1.54) is 11.3 Å². The standard InChI is InChI=1S/C9H8ClN3O2S2/c10-17(14,15)9-12-11-8(7-2-1-5-16-7)13(9)6-3-4-6/h1-2,5-6H,3-4H2. The van der Waals surface area contributed by atoms with Gasteiger partial charge in [0, 0.05) is 16.7 Å². The molecule has 5 nitrogen and oxygen atoms in total. The third kappa shape index (κ3) is 1.98. The molecule has 8 heteroatoms. The lowest BCUT2D eigenvalue weighted by Crippen LogP contribution is -2.05. The smallest absolute Gasteiger partial charge is 0.293 e. The van der Waals surface area contributed by atoms with E-state index in [4.69, 9.17) is 10.7 Å². The molecule has 0 spiro atoms. The molecule has 1 aliphatic carbocycles. The summed E-state index contributed by atoms with van der Waals surface area (Å²) in [6, 6.07) is 3.93. The van der Waals surface area contributed by atoms with Gasteiger partial charge in [-0.3, -0.25) is 4.57 Å². The summed E-state index contributed by atoms with van der Waals surface area (Å²) in [4.78, 5) is 0.899. The zero-order chi connectivity index (χ0) is 12.0. The van der Waals surface area contributed by atoms with Gasteiger partial charge in [-0.2, -0.15) is 0 Å². The molecule has 1 fully saturated rings. The van der Waals surface area contributed by atoms with Crippen molar-refractivity contribution in [1.29, 1.82) is 0 Å². The minimum Gasteiger partial charge on any atom is -0.293 e. The number of halogens is 1. The lowest BCUT2D eigenvalue weighted by atomic mass is 10.4. The fourth-order valence-corrected chi connectivity index (χ4v) is 3.31. The highest BCUT2D eigenvalue weighted by Gasteiger charge is 2.34. The molecule has 0 aromatic carbocycles. The first-order valence-corrected chi connectivity index (χ1v) is 8.20. The highest BCUT2D eigenvalue weighted by Crippen LogP contribution is 2.41. The van der Waals surface area contributed by atoms with E-state index < -0.39 is 9.05 Å². The average molecular weight is 290 g/mol. The molecule has 90 valence electrons. The van der Waals surface area contributed by atoms with Gasteiger partial charge in [0.1, 0.15) is 0 Å². The maximum Gasteiger partial charge on any atom is 0.296 e. The van der Waals surface area contributed by atoms with Gasteiger partial charge in [0.15, 0.2) is 5.82 Å². The van der Waals surface area contributed by atoms with Crippen molar-refractivity contribution in [2.45, 2.75) is 24.0 Å². The molecule has 2 heterocycles. The van der Waals surface area contributed by atoms with Crippen LogP contribution < -0.4 is 0 Å². The van der Waals surface area contributed by atoms with Crippen LogP contribution in [0.15, 0.2) is 22.7 Å². The van der Waals surface area contributed by atoms with Crippen LogP contribution in [0, 0.1) is 0 Å². The fourth-order valence-electron chi connectivity index (χ4n) is 1.68. The minimum atomic E-state index is -3.84. The summed E-state index contributed by atoms with van der Waals surface area (Å²) in [7, 11) is 1.52. The van der Waals surface area contributed by atoms with E-state index in [2.05, 4.69) is 10.2 Å². The van der Waals surface area contributed by atoms with Gasteiger partial charge in [0.2, 0.25) is 0 Å². The monoisotopic (exact) mass is 289 g/mol. The van der Waals surface area contributed by atoms with Gasteiger partial charge >= 0.3 is 0 Å². The van der Waals surface area contributed by atoms with Gasteiger partial charge in [0.25, 0.3) is 14.2 Å².